The maximum atomic E-state index is 12.1. The Hall–Kier alpha value is -2.04. The summed E-state index contributed by atoms with van der Waals surface area (Å²) in [5.41, 5.74) is 0.250. The monoisotopic (exact) mass is 293 g/mol. The van der Waals surface area contributed by atoms with Gasteiger partial charge in [-0.05, 0) is 24.6 Å². The van der Waals surface area contributed by atoms with E-state index in [1.54, 1.807) is 52.0 Å². The van der Waals surface area contributed by atoms with Crippen LogP contribution in [0.2, 0.25) is 0 Å². The van der Waals surface area contributed by atoms with E-state index < -0.39 is 17.4 Å². The lowest BCUT2D eigenvalue weighted by Gasteiger charge is -2.23. The van der Waals surface area contributed by atoms with Crippen molar-refractivity contribution in [3.63, 3.8) is 0 Å². The molecule has 2 N–H and O–H groups in total. The van der Waals surface area contributed by atoms with Gasteiger partial charge in [0.25, 0.3) is 0 Å². The van der Waals surface area contributed by atoms with Crippen LogP contribution >= 0.6 is 0 Å². The first-order chi connectivity index (χ1) is 9.74. The number of benzene rings is 1. The first kappa shape index (κ1) is 17.0. The SMILES string of the molecule is CCOC(=O)C(Cc1ccc(O)cc1)NC(=O)C(C)(C)C. The minimum atomic E-state index is -0.735. The van der Waals surface area contributed by atoms with E-state index in [1.807, 2.05) is 0 Å². The van der Waals surface area contributed by atoms with Crippen LogP contribution in [-0.2, 0) is 20.7 Å². The quantitative estimate of drug-likeness (QED) is 0.815. The number of aromatic hydroxyl groups is 1. The number of rotatable bonds is 5. The second-order valence-corrected chi connectivity index (χ2v) is 5.90. The lowest BCUT2D eigenvalue weighted by atomic mass is 9.94. The highest BCUT2D eigenvalue weighted by Gasteiger charge is 2.28. The Morgan fingerprint density at radius 1 is 1.24 bits per heavy atom. The van der Waals surface area contributed by atoms with E-state index in [4.69, 9.17) is 4.74 Å². The summed E-state index contributed by atoms with van der Waals surface area (Å²) < 4.78 is 5.01. The normalized spacial score (nSPS) is 12.6. The molecule has 1 rings (SSSR count). The van der Waals surface area contributed by atoms with Crippen molar-refractivity contribution in [3.05, 3.63) is 29.8 Å². The number of phenols is 1. The molecule has 0 aliphatic rings. The highest BCUT2D eigenvalue weighted by atomic mass is 16.5. The van der Waals surface area contributed by atoms with Gasteiger partial charge >= 0.3 is 5.97 Å². The number of nitrogens with one attached hydrogen (secondary N) is 1. The minimum absolute atomic E-state index is 0.158. The fraction of sp³-hybridized carbons (Fsp3) is 0.500. The molecule has 0 saturated carbocycles. The molecule has 116 valence electrons. The van der Waals surface area contributed by atoms with E-state index in [0.29, 0.717) is 6.42 Å². The fourth-order valence-electron chi connectivity index (χ4n) is 1.68. The van der Waals surface area contributed by atoms with Gasteiger partial charge in [-0.2, -0.15) is 0 Å². The van der Waals surface area contributed by atoms with Crippen molar-refractivity contribution in [2.45, 2.75) is 40.2 Å². The van der Waals surface area contributed by atoms with Crippen molar-refractivity contribution in [1.29, 1.82) is 0 Å². The Kier molecular flexibility index (Phi) is 5.76. The molecule has 5 heteroatoms. The molecule has 0 aliphatic heterocycles. The first-order valence-corrected chi connectivity index (χ1v) is 6.99. The van der Waals surface area contributed by atoms with Gasteiger partial charge in [-0.1, -0.05) is 32.9 Å². The molecule has 0 bridgehead atoms. The van der Waals surface area contributed by atoms with E-state index in [0.717, 1.165) is 5.56 Å². The minimum Gasteiger partial charge on any atom is -0.508 e. The lowest BCUT2D eigenvalue weighted by molar-refractivity contribution is -0.148. The van der Waals surface area contributed by atoms with Gasteiger partial charge in [0.2, 0.25) is 5.91 Å². The van der Waals surface area contributed by atoms with Crippen LogP contribution in [-0.4, -0.2) is 29.6 Å². The fourth-order valence-corrected chi connectivity index (χ4v) is 1.68. The van der Waals surface area contributed by atoms with Crippen molar-refractivity contribution >= 4 is 11.9 Å². The molecular weight excluding hydrogens is 270 g/mol. The van der Waals surface area contributed by atoms with Gasteiger partial charge in [0.05, 0.1) is 6.61 Å². The van der Waals surface area contributed by atoms with Crippen molar-refractivity contribution in [1.82, 2.24) is 5.32 Å². The predicted octanol–water partition coefficient (Wildman–Crippen LogP) is 2.03. The lowest BCUT2D eigenvalue weighted by Crippen LogP contribution is -2.47. The number of carbonyl (C=O) groups excluding carboxylic acids is 2. The Balaban J connectivity index is 2.84. The average Bonchev–Trinajstić information content (AvgIpc) is 2.39. The van der Waals surface area contributed by atoms with Gasteiger partial charge < -0.3 is 15.2 Å². The van der Waals surface area contributed by atoms with Gasteiger partial charge in [-0.3, -0.25) is 4.79 Å². The third-order valence-corrected chi connectivity index (χ3v) is 2.93. The van der Waals surface area contributed by atoms with Crippen LogP contribution in [0.1, 0.15) is 33.3 Å². The van der Waals surface area contributed by atoms with E-state index in [9.17, 15) is 14.7 Å². The zero-order chi connectivity index (χ0) is 16.0. The number of hydrogen-bond acceptors (Lipinski definition) is 4. The highest BCUT2D eigenvalue weighted by Crippen LogP contribution is 2.15. The molecule has 0 aromatic heterocycles. The molecule has 5 nitrogen and oxygen atoms in total. The molecule has 0 fully saturated rings. The second kappa shape index (κ2) is 7.11. The van der Waals surface area contributed by atoms with Crippen LogP contribution in [0.15, 0.2) is 24.3 Å². The Morgan fingerprint density at radius 3 is 2.29 bits per heavy atom. The molecule has 1 atom stereocenters. The van der Waals surface area contributed by atoms with Crippen LogP contribution in [0.5, 0.6) is 5.75 Å². The molecule has 21 heavy (non-hydrogen) atoms. The van der Waals surface area contributed by atoms with Gasteiger partial charge in [0, 0.05) is 11.8 Å². The summed E-state index contributed by atoms with van der Waals surface area (Å²) in [5.74, 6) is -0.507. The number of carbonyl (C=O) groups is 2. The van der Waals surface area contributed by atoms with E-state index >= 15 is 0 Å². The molecule has 1 aromatic carbocycles. The number of esters is 1. The summed E-state index contributed by atoms with van der Waals surface area (Å²) in [7, 11) is 0. The van der Waals surface area contributed by atoms with Crippen LogP contribution in [0.4, 0.5) is 0 Å². The molecule has 1 unspecified atom stereocenters. The zero-order valence-corrected chi connectivity index (χ0v) is 13.0. The summed E-state index contributed by atoms with van der Waals surface area (Å²) in [5, 5.41) is 12.0. The standard InChI is InChI=1S/C16H23NO4/c1-5-21-14(19)13(17-15(20)16(2,3)4)10-11-6-8-12(18)9-7-11/h6-9,13,18H,5,10H2,1-4H3,(H,17,20). The van der Waals surface area contributed by atoms with E-state index in [2.05, 4.69) is 5.32 Å². The third-order valence-electron chi connectivity index (χ3n) is 2.93. The van der Waals surface area contributed by atoms with E-state index in [-0.39, 0.29) is 18.3 Å². The molecule has 0 heterocycles. The van der Waals surface area contributed by atoms with Gasteiger partial charge in [-0.15, -0.1) is 0 Å². The summed E-state index contributed by atoms with van der Waals surface area (Å²) >= 11 is 0. The predicted molar refractivity (Wildman–Crippen MR) is 79.8 cm³/mol. The Labute approximate surface area is 125 Å². The smallest absolute Gasteiger partial charge is 0.328 e. The van der Waals surface area contributed by atoms with Crippen LogP contribution in [0.25, 0.3) is 0 Å². The van der Waals surface area contributed by atoms with Gasteiger partial charge in [-0.25, -0.2) is 4.79 Å². The maximum Gasteiger partial charge on any atom is 0.328 e. The highest BCUT2D eigenvalue weighted by molar-refractivity contribution is 5.87. The number of ether oxygens (including phenoxy) is 1. The topological polar surface area (TPSA) is 75.6 Å². The van der Waals surface area contributed by atoms with Gasteiger partial charge in [0.1, 0.15) is 11.8 Å². The first-order valence-electron chi connectivity index (χ1n) is 6.99. The van der Waals surface area contributed by atoms with Crippen LogP contribution in [0.3, 0.4) is 0 Å². The average molecular weight is 293 g/mol. The summed E-state index contributed by atoms with van der Waals surface area (Å²) in [6.07, 6.45) is 0.320. The second-order valence-electron chi connectivity index (χ2n) is 5.90. The van der Waals surface area contributed by atoms with Gasteiger partial charge in [0.15, 0.2) is 0 Å². The van der Waals surface area contributed by atoms with Crippen LogP contribution in [0, 0.1) is 5.41 Å². The molecule has 0 saturated heterocycles. The molecule has 1 aromatic rings. The van der Waals surface area contributed by atoms with Crippen molar-refractivity contribution in [2.75, 3.05) is 6.61 Å². The molecule has 0 aliphatic carbocycles. The van der Waals surface area contributed by atoms with Crippen molar-refractivity contribution in [2.24, 2.45) is 5.41 Å². The largest absolute Gasteiger partial charge is 0.508 e. The Bertz CT molecular complexity index is 488. The number of phenolic OH excluding ortho intramolecular Hbond substituents is 1. The van der Waals surface area contributed by atoms with Crippen molar-refractivity contribution < 1.29 is 19.4 Å². The molecule has 0 spiro atoms. The summed E-state index contributed by atoms with van der Waals surface area (Å²) in [6, 6.07) is 5.78. The maximum absolute atomic E-state index is 12.1. The van der Waals surface area contributed by atoms with Crippen molar-refractivity contribution in [3.8, 4) is 5.75 Å². The zero-order valence-electron chi connectivity index (χ0n) is 13.0. The molecule has 1 amide bonds. The number of amides is 1. The van der Waals surface area contributed by atoms with Crippen LogP contribution < -0.4 is 5.32 Å². The third kappa shape index (κ3) is 5.45. The van der Waals surface area contributed by atoms with E-state index in [1.165, 1.54) is 0 Å². The molecular formula is C16H23NO4. The summed E-state index contributed by atoms with van der Waals surface area (Å²) in [6.45, 7) is 7.33. The summed E-state index contributed by atoms with van der Waals surface area (Å²) in [4.78, 5) is 24.1. The number of hydrogen-bond donors (Lipinski definition) is 2. The molecule has 0 radical (unpaired) electrons. The Morgan fingerprint density at radius 2 is 1.81 bits per heavy atom.